The molecule has 2 aromatic carbocycles. The zero-order valence-electron chi connectivity index (χ0n) is 26.6. The van der Waals surface area contributed by atoms with Gasteiger partial charge in [-0.1, -0.05) is 36.8 Å². The van der Waals surface area contributed by atoms with E-state index >= 15 is 0 Å². The summed E-state index contributed by atoms with van der Waals surface area (Å²) in [7, 11) is -1.69. The number of rotatable bonds is 13. The smallest absolute Gasteiger partial charge is 0.281 e. The van der Waals surface area contributed by atoms with Gasteiger partial charge in [0.1, 0.15) is 28.3 Å². The Bertz CT molecular complexity index is 1540. The first-order valence-corrected chi connectivity index (χ1v) is 17.8. The number of pyridine rings is 1. The monoisotopic (exact) mass is 662 g/mol. The fourth-order valence-corrected chi connectivity index (χ4v) is 7.03. The molecule has 2 aliphatic heterocycles. The number of anilines is 3. The van der Waals surface area contributed by atoms with Crippen LogP contribution in [0.2, 0.25) is 0 Å². The molecular formula is C35H43FN6O4S. The molecule has 1 unspecified atom stereocenters. The average Bonchev–Trinajstić information content (AvgIpc) is 3.07. The molecule has 0 spiro atoms. The van der Waals surface area contributed by atoms with Crippen molar-refractivity contribution in [3.05, 3.63) is 83.3 Å². The summed E-state index contributed by atoms with van der Waals surface area (Å²) >= 11 is 0. The maximum atomic E-state index is 13.8. The second kappa shape index (κ2) is 15.9. The van der Waals surface area contributed by atoms with Crippen LogP contribution in [0.3, 0.4) is 0 Å². The van der Waals surface area contributed by atoms with Crippen LogP contribution in [0.5, 0.6) is 0 Å². The van der Waals surface area contributed by atoms with Crippen LogP contribution in [-0.2, 0) is 27.1 Å². The van der Waals surface area contributed by atoms with Gasteiger partial charge in [-0.25, -0.2) is 13.6 Å². The zero-order chi connectivity index (χ0) is 32.6. The first kappa shape index (κ1) is 33.2. The number of amides is 1. The second-order valence-corrected chi connectivity index (χ2v) is 13.6. The van der Waals surface area contributed by atoms with E-state index in [0.29, 0.717) is 35.4 Å². The lowest BCUT2D eigenvalue weighted by Gasteiger charge is -2.41. The van der Waals surface area contributed by atoms with Gasteiger partial charge in [-0.3, -0.25) is 14.4 Å². The Labute approximate surface area is 278 Å². The van der Waals surface area contributed by atoms with Gasteiger partial charge in [0.25, 0.3) is 5.91 Å². The van der Waals surface area contributed by atoms with E-state index in [0.717, 1.165) is 82.7 Å². The number of hydrogen-bond acceptors (Lipinski definition) is 9. The summed E-state index contributed by atoms with van der Waals surface area (Å²) in [6, 6.07) is 17.8. The topological polar surface area (TPSA) is 120 Å². The molecule has 47 heavy (non-hydrogen) atoms. The number of halogens is 1. The minimum atomic E-state index is -1.69. The highest BCUT2D eigenvalue weighted by Crippen LogP contribution is 2.38. The van der Waals surface area contributed by atoms with Crippen molar-refractivity contribution in [1.82, 2.24) is 14.6 Å². The van der Waals surface area contributed by atoms with Crippen LogP contribution < -0.4 is 14.9 Å². The van der Waals surface area contributed by atoms with Crippen molar-refractivity contribution in [3.63, 3.8) is 0 Å². The number of morpholine rings is 1. The Morgan fingerprint density at radius 3 is 2.43 bits per heavy atom. The Morgan fingerprint density at radius 2 is 1.74 bits per heavy atom. The Kier molecular flexibility index (Phi) is 11.2. The minimum Gasteiger partial charge on any atom is -0.379 e. The van der Waals surface area contributed by atoms with Gasteiger partial charge in [-0.2, -0.15) is 0 Å². The van der Waals surface area contributed by atoms with E-state index in [1.54, 1.807) is 18.2 Å². The largest absolute Gasteiger partial charge is 0.379 e. The summed E-state index contributed by atoms with van der Waals surface area (Å²) in [5, 5.41) is 12.6. The fourth-order valence-electron chi connectivity index (χ4n) is 6.34. The average molecular weight is 663 g/mol. The molecule has 250 valence electrons. The number of benzene rings is 2. The molecule has 1 aliphatic carbocycles. The van der Waals surface area contributed by atoms with E-state index in [9.17, 15) is 18.8 Å². The molecule has 1 saturated carbocycles. The molecule has 6 rings (SSSR count). The number of piperidine rings is 1. The van der Waals surface area contributed by atoms with Gasteiger partial charge in [-0.05, 0) is 61.6 Å². The number of carbonyl (C=O) groups excluding carboxylic acids is 1. The molecule has 3 aromatic rings. The molecule has 0 radical (unpaired) electrons. The number of hydrogen-bond donors (Lipinski definition) is 3. The van der Waals surface area contributed by atoms with E-state index in [4.69, 9.17) is 14.5 Å². The number of carbonyl (C=O) groups is 1. The quantitative estimate of drug-likeness (QED) is 0.172. The third-order valence-electron chi connectivity index (χ3n) is 9.22. The zero-order valence-corrected chi connectivity index (χ0v) is 27.4. The maximum absolute atomic E-state index is 13.8. The molecule has 3 aliphatic rings. The van der Waals surface area contributed by atoms with Gasteiger partial charge in [0, 0.05) is 49.5 Å². The van der Waals surface area contributed by atoms with Gasteiger partial charge in [0.15, 0.2) is 0 Å². The van der Waals surface area contributed by atoms with Crippen molar-refractivity contribution >= 4 is 39.8 Å². The van der Waals surface area contributed by atoms with E-state index in [1.807, 2.05) is 30.3 Å². The molecule has 0 bridgehead atoms. The van der Waals surface area contributed by atoms with Crippen LogP contribution in [0, 0.1) is 17.1 Å². The summed E-state index contributed by atoms with van der Waals surface area (Å²) in [4.78, 5) is 23.0. The van der Waals surface area contributed by atoms with Gasteiger partial charge in [-0.15, -0.1) is 0 Å². The Hall–Kier alpha value is -3.71. The van der Waals surface area contributed by atoms with Crippen molar-refractivity contribution in [2.24, 2.45) is 5.92 Å². The number of aromatic nitrogens is 1. The molecular weight excluding hydrogens is 619 g/mol. The third kappa shape index (κ3) is 8.61. The predicted octanol–water partition coefficient (Wildman–Crippen LogP) is 5.04. The van der Waals surface area contributed by atoms with Crippen LogP contribution in [0.15, 0.2) is 60.7 Å². The number of nitrogens with zero attached hydrogens (tertiary/aromatic N) is 3. The normalized spacial score (nSPS) is 18.4. The molecule has 1 aromatic heterocycles. The number of nitrogens with one attached hydrogen (secondary N) is 3. The first-order chi connectivity index (χ1) is 22.9. The molecule has 1 atom stereocenters. The molecule has 1 amide bonds. The molecule has 10 nitrogen and oxygen atoms in total. The Morgan fingerprint density at radius 1 is 1.02 bits per heavy atom. The van der Waals surface area contributed by atoms with Crippen LogP contribution in [-0.4, -0.2) is 83.5 Å². The predicted molar refractivity (Wildman–Crippen MR) is 182 cm³/mol. The van der Waals surface area contributed by atoms with Gasteiger partial charge < -0.3 is 25.1 Å². The second-order valence-electron chi connectivity index (χ2n) is 12.3. The van der Waals surface area contributed by atoms with E-state index in [2.05, 4.69) is 19.8 Å². The fraction of sp³-hybridized carbons (Fsp3) is 0.457. The highest BCUT2D eigenvalue weighted by Gasteiger charge is 2.33. The van der Waals surface area contributed by atoms with Gasteiger partial charge >= 0.3 is 0 Å². The van der Waals surface area contributed by atoms with Crippen LogP contribution in [0.25, 0.3) is 0 Å². The van der Waals surface area contributed by atoms with Crippen LogP contribution in [0.4, 0.5) is 21.6 Å². The standard InChI is InChI=1S/C35H43FN6O4S/c36-27-9-11-28(12-10-27)38-34-32(33(37)26-7-4-8-26)31(42-15-13-29(14-16-42)41-17-19-45-20-18-41)23-30(39-34)35(43)40-47(44)22-21-46-24-25-5-2-1-3-6-25/h1-3,5-6,9-12,23,26,29,37H,4,7-8,13-22,24H2,(H,38,39)(H,40,43). The van der Waals surface area contributed by atoms with Gasteiger partial charge in [0.05, 0.1) is 43.4 Å². The minimum absolute atomic E-state index is 0.101. The summed E-state index contributed by atoms with van der Waals surface area (Å²) < 4.78 is 40.5. The lowest BCUT2D eigenvalue weighted by Crippen LogP contribution is -2.49. The van der Waals surface area contributed by atoms with E-state index < -0.39 is 16.9 Å². The SMILES string of the molecule is N=C(c1c(N2CCC(N3CCOCC3)CC2)cc(C(=O)NS(=O)CCOCc2ccccc2)nc1Nc1ccc(F)cc1)C1CCC1. The lowest BCUT2D eigenvalue weighted by molar-refractivity contribution is 0.0115. The first-order valence-electron chi connectivity index (χ1n) is 16.5. The maximum Gasteiger partial charge on any atom is 0.281 e. The van der Waals surface area contributed by atoms with Crippen molar-refractivity contribution in [2.45, 2.75) is 44.8 Å². The van der Waals surface area contributed by atoms with Crippen molar-refractivity contribution < 1.29 is 22.9 Å². The highest BCUT2D eigenvalue weighted by molar-refractivity contribution is 7.83. The van der Waals surface area contributed by atoms with E-state index in [-0.39, 0.29) is 29.8 Å². The summed E-state index contributed by atoms with van der Waals surface area (Å²) in [6.07, 6.45) is 4.84. The highest BCUT2D eigenvalue weighted by atomic mass is 32.2. The molecule has 3 heterocycles. The van der Waals surface area contributed by atoms with Crippen LogP contribution >= 0.6 is 0 Å². The summed E-state index contributed by atoms with van der Waals surface area (Å²) in [6.45, 7) is 5.51. The summed E-state index contributed by atoms with van der Waals surface area (Å²) in [5.41, 5.74) is 3.63. The third-order valence-corrected chi connectivity index (χ3v) is 10.2. The van der Waals surface area contributed by atoms with E-state index in [1.165, 1.54) is 12.1 Å². The van der Waals surface area contributed by atoms with Crippen molar-refractivity contribution in [1.29, 1.82) is 5.41 Å². The molecule has 2 saturated heterocycles. The van der Waals surface area contributed by atoms with Gasteiger partial charge in [0.2, 0.25) is 0 Å². The molecule has 12 heteroatoms. The molecule has 3 fully saturated rings. The van der Waals surface area contributed by atoms with Crippen molar-refractivity contribution in [2.75, 3.05) is 62.0 Å². The number of ether oxygens (including phenoxy) is 2. The van der Waals surface area contributed by atoms with Crippen LogP contribution in [0.1, 0.15) is 53.7 Å². The summed E-state index contributed by atoms with van der Waals surface area (Å²) in [5.74, 6) is -0.328. The van der Waals surface area contributed by atoms with Crippen molar-refractivity contribution in [3.8, 4) is 0 Å². The Balaban J connectivity index is 1.24. The molecule has 3 N–H and O–H groups in total. The lowest BCUT2D eigenvalue weighted by atomic mass is 9.79.